The second-order valence-electron chi connectivity index (χ2n) is 4.25. The molecule has 2 aliphatic rings. The van der Waals surface area contributed by atoms with Crippen molar-refractivity contribution in [2.75, 3.05) is 13.2 Å². The molecule has 0 aromatic rings. The van der Waals surface area contributed by atoms with E-state index in [-0.39, 0.29) is 17.8 Å². The molecule has 0 spiro atoms. The van der Waals surface area contributed by atoms with Crippen LogP contribution in [-0.4, -0.2) is 31.4 Å². The van der Waals surface area contributed by atoms with Gasteiger partial charge in [0.2, 0.25) is 0 Å². The van der Waals surface area contributed by atoms with Gasteiger partial charge >= 0.3 is 0 Å². The van der Waals surface area contributed by atoms with E-state index in [1.165, 1.54) is 0 Å². The standard InChI is InChI=1S/C10H16O4S/c1-2-14-6-9-7-3-4-8(5-7)10(9)15(11,12)13/h3-4,7-10H,2,5-6H2,1H3,(H,11,12,13)/t7-,8+,9-,10+/m1/s1. The van der Waals surface area contributed by atoms with Gasteiger partial charge in [0.15, 0.2) is 0 Å². The van der Waals surface area contributed by atoms with E-state index in [1.807, 2.05) is 13.0 Å². The Labute approximate surface area is 90.1 Å². The van der Waals surface area contributed by atoms with Crippen molar-refractivity contribution in [3.05, 3.63) is 12.2 Å². The Balaban J connectivity index is 2.17. The molecule has 0 heterocycles. The van der Waals surface area contributed by atoms with Crippen LogP contribution in [-0.2, 0) is 14.9 Å². The van der Waals surface area contributed by atoms with Gasteiger partial charge < -0.3 is 4.74 Å². The maximum atomic E-state index is 11.3. The molecule has 4 atom stereocenters. The molecule has 4 nitrogen and oxygen atoms in total. The van der Waals surface area contributed by atoms with E-state index in [9.17, 15) is 13.0 Å². The zero-order chi connectivity index (χ0) is 11.1. The molecule has 0 saturated heterocycles. The van der Waals surface area contributed by atoms with E-state index in [2.05, 4.69) is 6.08 Å². The summed E-state index contributed by atoms with van der Waals surface area (Å²) >= 11 is 0. The van der Waals surface area contributed by atoms with Crippen LogP contribution in [0.5, 0.6) is 0 Å². The highest BCUT2D eigenvalue weighted by Gasteiger charge is 2.50. The van der Waals surface area contributed by atoms with E-state index in [4.69, 9.17) is 4.74 Å². The fourth-order valence-corrected chi connectivity index (χ4v) is 4.16. The summed E-state index contributed by atoms with van der Waals surface area (Å²) in [5.41, 5.74) is 0. The summed E-state index contributed by atoms with van der Waals surface area (Å²) in [7, 11) is -3.94. The number of allylic oxidation sites excluding steroid dienone is 2. The highest BCUT2D eigenvalue weighted by molar-refractivity contribution is 7.86. The number of rotatable bonds is 4. The van der Waals surface area contributed by atoms with Crippen LogP contribution >= 0.6 is 0 Å². The van der Waals surface area contributed by atoms with Gasteiger partial charge in [0.25, 0.3) is 10.1 Å². The van der Waals surface area contributed by atoms with Gasteiger partial charge in [-0.15, -0.1) is 0 Å². The lowest BCUT2D eigenvalue weighted by molar-refractivity contribution is 0.101. The Bertz CT molecular complexity index is 360. The fraction of sp³-hybridized carbons (Fsp3) is 0.800. The Morgan fingerprint density at radius 2 is 2.07 bits per heavy atom. The van der Waals surface area contributed by atoms with Crippen molar-refractivity contribution in [3.63, 3.8) is 0 Å². The number of hydrogen-bond acceptors (Lipinski definition) is 3. The lowest BCUT2D eigenvalue weighted by atomic mass is 9.94. The minimum atomic E-state index is -3.94. The summed E-state index contributed by atoms with van der Waals surface area (Å²) in [6.45, 7) is 2.88. The normalized spacial score (nSPS) is 38.8. The summed E-state index contributed by atoms with van der Waals surface area (Å²) < 4.78 is 37.0. The third-order valence-corrected chi connectivity index (χ3v) is 4.79. The van der Waals surface area contributed by atoms with Crippen LogP contribution in [0.3, 0.4) is 0 Å². The van der Waals surface area contributed by atoms with Gasteiger partial charge in [0.05, 0.1) is 11.9 Å². The maximum Gasteiger partial charge on any atom is 0.268 e. The van der Waals surface area contributed by atoms with Crippen molar-refractivity contribution in [3.8, 4) is 0 Å². The second-order valence-corrected chi connectivity index (χ2v) is 5.83. The summed E-state index contributed by atoms with van der Waals surface area (Å²) in [6, 6.07) is 0. The molecule has 2 aliphatic carbocycles. The molecule has 2 bridgehead atoms. The summed E-state index contributed by atoms with van der Waals surface area (Å²) in [5.74, 6) is 0.166. The largest absolute Gasteiger partial charge is 0.381 e. The van der Waals surface area contributed by atoms with Gasteiger partial charge in [-0.1, -0.05) is 12.2 Å². The third-order valence-electron chi connectivity index (χ3n) is 3.40. The Morgan fingerprint density at radius 1 is 1.40 bits per heavy atom. The summed E-state index contributed by atoms with van der Waals surface area (Å²) in [5, 5.41) is -0.654. The van der Waals surface area contributed by atoms with Gasteiger partial charge in [-0.3, -0.25) is 4.55 Å². The Morgan fingerprint density at radius 3 is 2.67 bits per heavy atom. The molecule has 86 valence electrons. The van der Waals surface area contributed by atoms with Crippen molar-refractivity contribution >= 4 is 10.1 Å². The van der Waals surface area contributed by atoms with Crippen LogP contribution in [0.4, 0.5) is 0 Å². The molecule has 0 unspecified atom stereocenters. The van der Waals surface area contributed by atoms with Crippen LogP contribution in [0.15, 0.2) is 12.2 Å². The molecule has 5 heteroatoms. The number of ether oxygens (including phenoxy) is 1. The molecule has 0 radical (unpaired) electrons. The molecular formula is C10H16O4S. The monoisotopic (exact) mass is 232 g/mol. The highest BCUT2D eigenvalue weighted by Crippen LogP contribution is 2.46. The van der Waals surface area contributed by atoms with Crippen molar-refractivity contribution in [2.45, 2.75) is 18.6 Å². The van der Waals surface area contributed by atoms with E-state index in [1.54, 1.807) is 0 Å². The zero-order valence-corrected chi connectivity index (χ0v) is 9.48. The molecule has 15 heavy (non-hydrogen) atoms. The minimum Gasteiger partial charge on any atom is -0.381 e. The topological polar surface area (TPSA) is 63.6 Å². The summed E-state index contributed by atoms with van der Waals surface area (Å²) in [6.07, 6.45) is 4.80. The average Bonchev–Trinajstić information content (AvgIpc) is 2.71. The first-order valence-corrected chi connectivity index (χ1v) is 6.76. The predicted molar refractivity (Wildman–Crippen MR) is 56.1 cm³/mol. The first-order valence-electron chi connectivity index (χ1n) is 5.26. The van der Waals surface area contributed by atoms with Crippen molar-refractivity contribution < 1.29 is 17.7 Å². The molecule has 0 aromatic heterocycles. The molecule has 1 fully saturated rings. The molecule has 1 N–H and O–H groups in total. The third kappa shape index (κ3) is 1.96. The van der Waals surface area contributed by atoms with Crippen molar-refractivity contribution in [1.82, 2.24) is 0 Å². The first kappa shape index (κ1) is 11.1. The number of hydrogen-bond donors (Lipinski definition) is 1. The van der Waals surface area contributed by atoms with Crippen LogP contribution in [0.25, 0.3) is 0 Å². The predicted octanol–water partition coefficient (Wildman–Crippen LogP) is 1.10. The Kier molecular flexibility index (Phi) is 2.87. The van der Waals surface area contributed by atoms with Crippen molar-refractivity contribution in [1.29, 1.82) is 0 Å². The van der Waals surface area contributed by atoms with Gasteiger partial charge in [-0.25, -0.2) is 0 Å². The lowest BCUT2D eigenvalue weighted by Gasteiger charge is -2.25. The molecule has 0 aliphatic heterocycles. The van der Waals surface area contributed by atoms with E-state index < -0.39 is 15.4 Å². The molecule has 1 saturated carbocycles. The van der Waals surface area contributed by atoms with E-state index in [0.29, 0.717) is 13.2 Å². The van der Waals surface area contributed by atoms with Crippen LogP contribution in [0, 0.1) is 17.8 Å². The number of fused-ring (bicyclic) bond motifs is 2. The zero-order valence-electron chi connectivity index (χ0n) is 8.67. The van der Waals surface area contributed by atoms with Gasteiger partial charge in [-0.2, -0.15) is 8.42 Å². The highest BCUT2D eigenvalue weighted by atomic mass is 32.2. The molecular weight excluding hydrogens is 216 g/mol. The minimum absolute atomic E-state index is 0.0181. The van der Waals surface area contributed by atoms with Crippen LogP contribution in [0.2, 0.25) is 0 Å². The first-order chi connectivity index (χ1) is 7.04. The molecule has 0 amide bonds. The van der Waals surface area contributed by atoms with Crippen molar-refractivity contribution in [2.24, 2.45) is 17.8 Å². The Hall–Kier alpha value is -0.390. The molecule has 2 rings (SSSR count). The average molecular weight is 232 g/mol. The van der Waals surface area contributed by atoms with E-state index in [0.717, 1.165) is 6.42 Å². The smallest absolute Gasteiger partial charge is 0.268 e. The van der Waals surface area contributed by atoms with Crippen LogP contribution < -0.4 is 0 Å². The second kappa shape index (κ2) is 3.88. The van der Waals surface area contributed by atoms with Gasteiger partial charge in [-0.05, 0) is 25.2 Å². The van der Waals surface area contributed by atoms with Gasteiger partial charge in [0.1, 0.15) is 0 Å². The summed E-state index contributed by atoms with van der Waals surface area (Å²) in [4.78, 5) is 0. The van der Waals surface area contributed by atoms with Crippen LogP contribution in [0.1, 0.15) is 13.3 Å². The van der Waals surface area contributed by atoms with Gasteiger partial charge in [0, 0.05) is 12.5 Å². The quantitative estimate of drug-likeness (QED) is 0.582. The molecule has 0 aromatic carbocycles. The fourth-order valence-electron chi connectivity index (χ4n) is 2.79. The maximum absolute atomic E-state index is 11.3. The van der Waals surface area contributed by atoms with E-state index >= 15 is 0 Å². The SMILES string of the molecule is CCOC[C@H]1[C@@H](S(=O)(=O)O)[C@H]2C=C[C@@H]1C2. The lowest BCUT2D eigenvalue weighted by Crippen LogP contribution is -2.35.